The molecule has 0 aliphatic rings. The molecule has 0 radical (unpaired) electrons. The zero-order valence-corrected chi connectivity index (χ0v) is 12.4. The molecular formula is C13H11Cl2N3S. The van der Waals surface area contributed by atoms with Crippen LogP contribution in [0.4, 0.5) is 11.5 Å². The van der Waals surface area contributed by atoms with Crippen LogP contribution in [0.5, 0.6) is 0 Å². The van der Waals surface area contributed by atoms with E-state index >= 15 is 0 Å². The molecule has 0 atom stereocenters. The maximum Gasteiger partial charge on any atom is 0.176 e. The van der Waals surface area contributed by atoms with E-state index in [-0.39, 0.29) is 0 Å². The van der Waals surface area contributed by atoms with Gasteiger partial charge in [0, 0.05) is 11.2 Å². The van der Waals surface area contributed by atoms with Gasteiger partial charge in [-0.05, 0) is 49.0 Å². The molecule has 0 saturated carbocycles. The second kappa shape index (κ2) is 6.19. The number of pyridine rings is 1. The fraction of sp³-hybridized carbons (Fsp3) is 0.0769. The molecule has 0 spiro atoms. The number of halogens is 2. The molecule has 2 aromatic rings. The first-order valence-electron chi connectivity index (χ1n) is 5.51. The number of nitrogens with zero attached hydrogens (tertiary/aromatic N) is 1. The Kier molecular flexibility index (Phi) is 4.58. The number of hydrogen-bond donors (Lipinski definition) is 2. The molecule has 0 aliphatic carbocycles. The van der Waals surface area contributed by atoms with Crippen molar-refractivity contribution in [1.82, 2.24) is 4.98 Å². The lowest BCUT2D eigenvalue weighted by Gasteiger charge is -2.12. The summed E-state index contributed by atoms with van der Waals surface area (Å²) in [5.74, 6) is 0.713. The largest absolute Gasteiger partial charge is 0.331 e. The van der Waals surface area contributed by atoms with Crippen LogP contribution in [0.3, 0.4) is 0 Å². The van der Waals surface area contributed by atoms with Gasteiger partial charge in [-0.1, -0.05) is 29.3 Å². The third kappa shape index (κ3) is 3.80. The van der Waals surface area contributed by atoms with Crippen molar-refractivity contribution in [2.75, 3.05) is 10.6 Å². The lowest BCUT2D eigenvalue weighted by atomic mass is 10.3. The average molecular weight is 312 g/mol. The Hall–Kier alpha value is -1.36. The monoisotopic (exact) mass is 311 g/mol. The SMILES string of the molecule is Cc1cccnc1NC(=S)Nc1ccc(Cl)cc1Cl. The fourth-order valence-electron chi connectivity index (χ4n) is 1.47. The third-order valence-corrected chi connectivity index (χ3v) is 3.17. The first-order valence-corrected chi connectivity index (χ1v) is 6.67. The van der Waals surface area contributed by atoms with Crippen molar-refractivity contribution in [3.63, 3.8) is 0 Å². The summed E-state index contributed by atoms with van der Waals surface area (Å²) in [5, 5.41) is 7.53. The summed E-state index contributed by atoms with van der Waals surface area (Å²) in [6, 6.07) is 8.98. The van der Waals surface area contributed by atoms with E-state index in [9.17, 15) is 0 Å². The Morgan fingerprint density at radius 2 is 2.00 bits per heavy atom. The standard InChI is InChI=1S/C13H11Cl2N3S/c1-8-3-2-6-16-12(8)18-13(19)17-11-5-4-9(14)7-10(11)15/h2-7H,1H3,(H2,16,17,18,19). The van der Waals surface area contributed by atoms with Gasteiger partial charge in [0.05, 0.1) is 10.7 Å². The number of aryl methyl sites for hydroxylation is 1. The van der Waals surface area contributed by atoms with E-state index in [2.05, 4.69) is 15.6 Å². The lowest BCUT2D eigenvalue weighted by Crippen LogP contribution is -2.20. The molecule has 0 amide bonds. The quantitative estimate of drug-likeness (QED) is 0.800. The first kappa shape index (κ1) is 14.1. The Bertz CT molecular complexity index is 617. The molecule has 6 heteroatoms. The van der Waals surface area contributed by atoms with Crippen molar-refractivity contribution >= 4 is 52.0 Å². The molecule has 0 saturated heterocycles. The third-order valence-electron chi connectivity index (χ3n) is 2.42. The number of anilines is 2. The summed E-state index contributed by atoms with van der Waals surface area (Å²) in [7, 11) is 0. The smallest absolute Gasteiger partial charge is 0.176 e. The van der Waals surface area contributed by atoms with Crippen molar-refractivity contribution in [3.05, 3.63) is 52.1 Å². The van der Waals surface area contributed by atoms with Gasteiger partial charge >= 0.3 is 0 Å². The number of rotatable bonds is 2. The highest BCUT2D eigenvalue weighted by atomic mass is 35.5. The van der Waals surface area contributed by atoms with Crippen LogP contribution in [-0.2, 0) is 0 Å². The molecule has 1 aromatic heterocycles. The van der Waals surface area contributed by atoms with E-state index in [0.717, 1.165) is 5.56 Å². The molecule has 1 heterocycles. The fourth-order valence-corrected chi connectivity index (χ4v) is 2.13. The van der Waals surface area contributed by atoms with E-state index in [0.29, 0.717) is 26.7 Å². The summed E-state index contributed by atoms with van der Waals surface area (Å²) >= 11 is 17.1. The highest BCUT2D eigenvalue weighted by molar-refractivity contribution is 7.80. The van der Waals surface area contributed by atoms with Gasteiger partial charge in [0.25, 0.3) is 0 Å². The number of thiocarbonyl (C=S) groups is 1. The van der Waals surface area contributed by atoms with Gasteiger partial charge in [0.1, 0.15) is 5.82 Å². The maximum absolute atomic E-state index is 6.06. The normalized spacial score (nSPS) is 10.1. The Labute approximate surface area is 127 Å². The van der Waals surface area contributed by atoms with Crippen LogP contribution in [0.15, 0.2) is 36.5 Å². The molecule has 98 valence electrons. The predicted molar refractivity (Wildman–Crippen MR) is 85.3 cm³/mol. The summed E-state index contributed by atoms with van der Waals surface area (Å²) in [5.41, 5.74) is 1.70. The molecule has 2 N–H and O–H groups in total. The van der Waals surface area contributed by atoms with Gasteiger partial charge in [-0.2, -0.15) is 0 Å². The Morgan fingerprint density at radius 1 is 1.21 bits per heavy atom. The van der Waals surface area contributed by atoms with Crippen LogP contribution in [0.1, 0.15) is 5.56 Å². The molecule has 19 heavy (non-hydrogen) atoms. The average Bonchev–Trinajstić information content (AvgIpc) is 2.36. The second-order valence-corrected chi connectivity index (χ2v) is 5.12. The summed E-state index contributed by atoms with van der Waals surface area (Å²) in [4.78, 5) is 4.20. The van der Waals surface area contributed by atoms with Gasteiger partial charge in [-0.25, -0.2) is 4.98 Å². The Balaban J connectivity index is 2.08. The molecule has 1 aromatic carbocycles. The molecular weight excluding hydrogens is 301 g/mol. The van der Waals surface area contributed by atoms with Crippen LogP contribution >= 0.6 is 35.4 Å². The van der Waals surface area contributed by atoms with E-state index in [1.54, 1.807) is 24.4 Å². The van der Waals surface area contributed by atoms with Crippen molar-refractivity contribution in [2.45, 2.75) is 6.92 Å². The van der Waals surface area contributed by atoms with Gasteiger partial charge in [0.2, 0.25) is 0 Å². The van der Waals surface area contributed by atoms with Crippen molar-refractivity contribution < 1.29 is 0 Å². The van der Waals surface area contributed by atoms with Crippen molar-refractivity contribution in [2.24, 2.45) is 0 Å². The molecule has 3 nitrogen and oxygen atoms in total. The first-order chi connectivity index (χ1) is 9.06. The summed E-state index contributed by atoms with van der Waals surface area (Å²) in [6.45, 7) is 1.95. The molecule has 0 bridgehead atoms. The highest BCUT2D eigenvalue weighted by Gasteiger charge is 2.05. The van der Waals surface area contributed by atoms with Crippen LogP contribution < -0.4 is 10.6 Å². The van der Waals surface area contributed by atoms with Crippen LogP contribution in [0, 0.1) is 6.92 Å². The number of hydrogen-bond acceptors (Lipinski definition) is 2. The van der Waals surface area contributed by atoms with Gasteiger partial charge < -0.3 is 10.6 Å². The number of benzene rings is 1. The summed E-state index contributed by atoms with van der Waals surface area (Å²) < 4.78 is 0. The molecule has 0 fully saturated rings. The number of nitrogens with one attached hydrogen (secondary N) is 2. The lowest BCUT2D eigenvalue weighted by molar-refractivity contribution is 1.27. The van der Waals surface area contributed by atoms with Gasteiger partial charge in [-0.15, -0.1) is 0 Å². The van der Waals surface area contributed by atoms with Gasteiger partial charge in [0.15, 0.2) is 5.11 Å². The van der Waals surface area contributed by atoms with Crippen LogP contribution in [-0.4, -0.2) is 10.1 Å². The number of aromatic nitrogens is 1. The minimum Gasteiger partial charge on any atom is -0.331 e. The molecule has 0 aliphatic heterocycles. The zero-order chi connectivity index (χ0) is 13.8. The molecule has 0 unspecified atom stereocenters. The van der Waals surface area contributed by atoms with E-state index < -0.39 is 0 Å². The van der Waals surface area contributed by atoms with Gasteiger partial charge in [-0.3, -0.25) is 0 Å². The zero-order valence-electron chi connectivity index (χ0n) is 10.1. The molecule has 2 rings (SSSR count). The second-order valence-electron chi connectivity index (χ2n) is 3.87. The summed E-state index contributed by atoms with van der Waals surface area (Å²) in [6.07, 6.45) is 1.70. The van der Waals surface area contributed by atoms with Crippen LogP contribution in [0.2, 0.25) is 10.0 Å². The highest BCUT2D eigenvalue weighted by Crippen LogP contribution is 2.25. The van der Waals surface area contributed by atoms with E-state index in [4.69, 9.17) is 35.4 Å². The van der Waals surface area contributed by atoms with E-state index in [1.165, 1.54) is 0 Å². The predicted octanol–water partition coefficient (Wildman–Crippen LogP) is 4.51. The minimum atomic E-state index is 0.422. The van der Waals surface area contributed by atoms with Crippen molar-refractivity contribution in [1.29, 1.82) is 0 Å². The topological polar surface area (TPSA) is 37.0 Å². The van der Waals surface area contributed by atoms with E-state index in [1.807, 2.05) is 19.1 Å². The Morgan fingerprint density at radius 3 is 2.68 bits per heavy atom. The van der Waals surface area contributed by atoms with Crippen molar-refractivity contribution in [3.8, 4) is 0 Å². The van der Waals surface area contributed by atoms with Crippen LogP contribution in [0.25, 0.3) is 0 Å². The minimum absolute atomic E-state index is 0.422. The maximum atomic E-state index is 6.06.